The second-order valence-electron chi connectivity index (χ2n) is 10.7. The van der Waals surface area contributed by atoms with Gasteiger partial charge in [0.1, 0.15) is 5.75 Å². The lowest BCUT2D eigenvalue weighted by Gasteiger charge is -2.25. The van der Waals surface area contributed by atoms with Crippen LogP contribution in [0.15, 0.2) is 66.7 Å². The van der Waals surface area contributed by atoms with E-state index in [-0.39, 0.29) is 36.1 Å². The van der Waals surface area contributed by atoms with Gasteiger partial charge in [0.15, 0.2) is 0 Å². The first-order chi connectivity index (χ1) is 21.2. The van der Waals surface area contributed by atoms with Crippen molar-refractivity contribution in [1.29, 1.82) is 0 Å². The summed E-state index contributed by atoms with van der Waals surface area (Å²) in [4.78, 5) is 27.4. The van der Waals surface area contributed by atoms with Crippen LogP contribution in [0.1, 0.15) is 52.4 Å². The van der Waals surface area contributed by atoms with Crippen LogP contribution in [0.25, 0.3) is 0 Å². The Kier molecular flexibility index (Phi) is 10.8. The van der Waals surface area contributed by atoms with Crippen LogP contribution in [0.4, 0.5) is 32.0 Å². The number of anilines is 1. The molecule has 3 aromatic rings. The number of hydrogen-bond donors (Lipinski definition) is 3. The molecular formula is C32H33F6N3O4. The third kappa shape index (κ3) is 9.21. The van der Waals surface area contributed by atoms with Crippen molar-refractivity contribution in [3.05, 3.63) is 94.5 Å². The normalized spacial score (nSPS) is 15.2. The number of carbonyl (C=O) groups is 2. The molecule has 2 atom stereocenters. The highest BCUT2D eigenvalue weighted by atomic mass is 19.4. The van der Waals surface area contributed by atoms with Crippen LogP contribution in [-0.4, -0.2) is 48.8 Å². The largest absolute Gasteiger partial charge is 0.494 e. The average molecular weight is 638 g/mol. The summed E-state index contributed by atoms with van der Waals surface area (Å²) in [7, 11) is 0. The molecule has 0 bridgehead atoms. The third-order valence-electron chi connectivity index (χ3n) is 7.26. The number of carbonyl (C=O) groups excluding carboxylic acids is 2. The highest BCUT2D eigenvalue weighted by Crippen LogP contribution is 2.36. The van der Waals surface area contributed by atoms with Gasteiger partial charge in [-0.1, -0.05) is 30.3 Å². The molecule has 242 valence electrons. The molecule has 3 aromatic carbocycles. The summed E-state index contributed by atoms with van der Waals surface area (Å²) < 4.78 is 85.2. The van der Waals surface area contributed by atoms with E-state index in [9.17, 15) is 41.0 Å². The van der Waals surface area contributed by atoms with Crippen molar-refractivity contribution in [3.8, 4) is 5.75 Å². The van der Waals surface area contributed by atoms with Crippen LogP contribution in [0.2, 0.25) is 0 Å². The van der Waals surface area contributed by atoms with Gasteiger partial charge in [-0.25, -0.2) is 0 Å². The van der Waals surface area contributed by atoms with Crippen molar-refractivity contribution in [3.63, 3.8) is 0 Å². The smallest absolute Gasteiger partial charge is 0.416 e. The number of nitrogens with zero attached hydrogens (tertiary/aromatic N) is 1. The lowest BCUT2D eigenvalue weighted by atomic mass is 10.00. The average Bonchev–Trinajstić information content (AvgIpc) is 3.42. The second kappa shape index (κ2) is 14.3. The van der Waals surface area contributed by atoms with E-state index in [1.54, 1.807) is 54.3 Å². The van der Waals surface area contributed by atoms with E-state index in [1.807, 2.05) is 0 Å². The SMILES string of the molecule is CCOc1cc(C(=O)N[C@@H](Cc2ccccc2)[C@H](O)CNCc2cc(C(F)(F)F)cc(C(F)(F)F)c2)cc(N2CCCC2=O)c1. The van der Waals surface area contributed by atoms with Crippen molar-refractivity contribution < 1.29 is 45.8 Å². The zero-order valence-electron chi connectivity index (χ0n) is 24.3. The van der Waals surface area contributed by atoms with Crippen molar-refractivity contribution in [2.24, 2.45) is 0 Å². The Morgan fingerprint density at radius 1 is 0.956 bits per heavy atom. The molecule has 1 fully saturated rings. The van der Waals surface area contributed by atoms with Gasteiger partial charge in [-0.3, -0.25) is 9.59 Å². The van der Waals surface area contributed by atoms with Gasteiger partial charge >= 0.3 is 12.4 Å². The number of amides is 2. The summed E-state index contributed by atoms with van der Waals surface area (Å²) in [5.41, 5.74) is -1.71. The molecule has 1 saturated heterocycles. The Morgan fingerprint density at radius 3 is 2.20 bits per heavy atom. The highest BCUT2D eigenvalue weighted by Gasteiger charge is 2.37. The summed E-state index contributed by atoms with van der Waals surface area (Å²) in [6.45, 7) is 1.92. The maximum absolute atomic E-state index is 13.5. The molecule has 0 unspecified atom stereocenters. The van der Waals surface area contributed by atoms with Gasteiger partial charge in [0.2, 0.25) is 5.91 Å². The minimum atomic E-state index is -4.98. The van der Waals surface area contributed by atoms with Crippen molar-refractivity contribution in [2.75, 3.05) is 24.6 Å². The van der Waals surface area contributed by atoms with Crippen LogP contribution in [0, 0.1) is 0 Å². The third-order valence-corrected chi connectivity index (χ3v) is 7.26. The van der Waals surface area contributed by atoms with E-state index < -0.39 is 48.1 Å². The molecule has 7 nitrogen and oxygen atoms in total. The Hall–Kier alpha value is -4.10. The number of hydrogen-bond acceptors (Lipinski definition) is 5. The number of benzene rings is 3. The fourth-order valence-electron chi connectivity index (χ4n) is 5.07. The molecule has 3 N–H and O–H groups in total. The number of rotatable bonds is 12. The number of halogens is 6. The molecule has 1 aliphatic heterocycles. The van der Waals surface area contributed by atoms with Gasteiger partial charge in [-0.2, -0.15) is 26.3 Å². The monoisotopic (exact) mass is 637 g/mol. The van der Waals surface area contributed by atoms with Gasteiger partial charge in [0.25, 0.3) is 5.91 Å². The van der Waals surface area contributed by atoms with Crippen LogP contribution >= 0.6 is 0 Å². The fraction of sp³-hybridized carbons (Fsp3) is 0.375. The standard InChI is InChI=1S/C32H33F6N3O4/c1-2-45-26-15-22(14-25(17-26)41-10-6-9-29(41)43)30(44)40-27(13-20-7-4-3-5-8-20)28(42)19-39-18-21-11-23(31(33,34)35)16-24(12-21)32(36,37)38/h3-5,7-8,11-12,14-17,27-28,39,42H,2,6,9-10,13,18-19H2,1H3,(H,40,44)/t27-,28+/m0/s1. The highest BCUT2D eigenvalue weighted by molar-refractivity contribution is 5.99. The maximum Gasteiger partial charge on any atom is 0.416 e. The van der Waals surface area contributed by atoms with Crippen LogP contribution < -0.4 is 20.3 Å². The number of aliphatic hydroxyl groups excluding tert-OH is 1. The van der Waals surface area contributed by atoms with Crippen molar-refractivity contribution >= 4 is 17.5 Å². The minimum absolute atomic E-state index is 0.0510. The number of aliphatic hydroxyl groups is 1. The van der Waals surface area contributed by atoms with E-state index in [4.69, 9.17) is 4.74 Å². The summed E-state index contributed by atoms with van der Waals surface area (Å²) in [6, 6.07) is 14.0. The zero-order chi connectivity index (χ0) is 32.8. The van der Waals surface area contributed by atoms with Gasteiger partial charge in [-0.15, -0.1) is 0 Å². The van der Waals surface area contributed by atoms with Crippen LogP contribution in [-0.2, 0) is 30.1 Å². The minimum Gasteiger partial charge on any atom is -0.494 e. The predicted octanol–water partition coefficient (Wildman–Crippen LogP) is 5.74. The van der Waals surface area contributed by atoms with E-state index in [2.05, 4.69) is 10.6 Å². The van der Waals surface area contributed by atoms with Gasteiger partial charge in [0, 0.05) is 43.4 Å². The molecule has 2 amide bonds. The molecule has 0 aliphatic carbocycles. The summed E-state index contributed by atoms with van der Waals surface area (Å²) in [5.74, 6) is -0.278. The summed E-state index contributed by atoms with van der Waals surface area (Å²) >= 11 is 0. The second-order valence-corrected chi connectivity index (χ2v) is 10.7. The Morgan fingerprint density at radius 2 is 1.62 bits per heavy atom. The van der Waals surface area contributed by atoms with Gasteiger partial charge < -0.3 is 25.4 Å². The summed E-state index contributed by atoms with van der Waals surface area (Å²) in [6.07, 6.45) is -10.0. The molecule has 13 heteroatoms. The molecule has 0 spiro atoms. The lowest BCUT2D eigenvalue weighted by Crippen LogP contribution is -2.48. The molecule has 45 heavy (non-hydrogen) atoms. The van der Waals surface area contributed by atoms with Crippen molar-refractivity contribution in [2.45, 2.75) is 57.2 Å². The van der Waals surface area contributed by atoms with E-state index in [1.165, 1.54) is 6.07 Å². The first-order valence-electron chi connectivity index (χ1n) is 14.3. The van der Waals surface area contributed by atoms with E-state index in [0.717, 1.165) is 5.56 Å². The maximum atomic E-state index is 13.5. The summed E-state index contributed by atoms with van der Waals surface area (Å²) in [5, 5.41) is 16.6. The number of ether oxygens (including phenoxy) is 1. The molecule has 4 rings (SSSR count). The quantitative estimate of drug-likeness (QED) is 0.221. The number of nitrogens with one attached hydrogen (secondary N) is 2. The van der Waals surface area contributed by atoms with Gasteiger partial charge in [-0.05, 0) is 61.2 Å². The molecule has 0 radical (unpaired) electrons. The van der Waals surface area contributed by atoms with Crippen LogP contribution in [0.3, 0.4) is 0 Å². The molecule has 1 heterocycles. The Labute approximate surface area is 256 Å². The molecule has 0 aromatic heterocycles. The zero-order valence-corrected chi connectivity index (χ0v) is 24.3. The van der Waals surface area contributed by atoms with Crippen molar-refractivity contribution in [1.82, 2.24) is 10.6 Å². The Bertz CT molecular complexity index is 1450. The van der Waals surface area contributed by atoms with E-state index in [0.29, 0.717) is 49.6 Å². The fourth-order valence-corrected chi connectivity index (χ4v) is 5.07. The molecule has 0 saturated carbocycles. The lowest BCUT2D eigenvalue weighted by molar-refractivity contribution is -0.143. The van der Waals surface area contributed by atoms with Gasteiger partial charge in [0.05, 0.1) is 29.9 Å². The molecular weight excluding hydrogens is 604 g/mol. The number of alkyl halides is 6. The van der Waals surface area contributed by atoms with E-state index >= 15 is 0 Å². The topological polar surface area (TPSA) is 90.9 Å². The predicted molar refractivity (Wildman–Crippen MR) is 155 cm³/mol. The molecule has 1 aliphatic rings. The first kappa shape index (κ1) is 33.8. The first-order valence-corrected chi connectivity index (χ1v) is 14.3. The Balaban J connectivity index is 1.53. The van der Waals surface area contributed by atoms with Crippen LogP contribution in [0.5, 0.6) is 5.75 Å².